The van der Waals surface area contributed by atoms with E-state index in [1.165, 1.54) is 0 Å². The summed E-state index contributed by atoms with van der Waals surface area (Å²) in [4.78, 5) is 10.7. The smallest absolute Gasteiger partial charge is 0.404 e. The van der Waals surface area contributed by atoms with E-state index in [2.05, 4.69) is 0 Å². The summed E-state index contributed by atoms with van der Waals surface area (Å²) in [5, 5.41) is 0. The van der Waals surface area contributed by atoms with E-state index < -0.39 is 6.09 Å². The molecular formula is C9H20N2O2S2. The SMILES string of the molecule is CC(C)(C)C(CSSCCN)OC(N)=O. The van der Waals surface area contributed by atoms with Crippen LogP contribution in [-0.2, 0) is 4.74 Å². The van der Waals surface area contributed by atoms with Gasteiger partial charge in [-0.3, -0.25) is 0 Å². The molecule has 0 aromatic rings. The van der Waals surface area contributed by atoms with Crippen molar-refractivity contribution in [2.75, 3.05) is 18.1 Å². The summed E-state index contributed by atoms with van der Waals surface area (Å²) in [5.74, 6) is 1.63. The molecule has 1 amide bonds. The Morgan fingerprint density at radius 2 is 2.00 bits per heavy atom. The molecule has 0 rings (SSSR count). The molecule has 0 fully saturated rings. The van der Waals surface area contributed by atoms with Crippen LogP contribution in [0.5, 0.6) is 0 Å². The Kier molecular flexibility index (Phi) is 7.21. The molecule has 4 N–H and O–H groups in total. The quantitative estimate of drug-likeness (QED) is 0.557. The van der Waals surface area contributed by atoms with Crippen LogP contribution in [0.3, 0.4) is 0 Å². The largest absolute Gasteiger partial charge is 0.445 e. The molecule has 0 aromatic carbocycles. The summed E-state index contributed by atoms with van der Waals surface area (Å²) >= 11 is 0. The van der Waals surface area contributed by atoms with E-state index in [1.807, 2.05) is 20.8 Å². The topological polar surface area (TPSA) is 78.3 Å². The summed E-state index contributed by atoms with van der Waals surface area (Å²) in [6.45, 7) is 6.73. The average molecular weight is 252 g/mol. The van der Waals surface area contributed by atoms with Gasteiger partial charge in [-0.05, 0) is 5.41 Å². The van der Waals surface area contributed by atoms with Gasteiger partial charge in [0.1, 0.15) is 6.10 Å². The predicted octanol–water partition coefficient (Wildman–Crippen LogP) is 1.84. The number of amides is 1. The summed E-state index contributed by atoms with van der Waals surface area (Å²) < 4.78 is 5.07. The molecule has 6 heteroatoms. The second kappa shape index (κ2) is 7.24. The van der Waals surface area contributed by atoms with Gasteiger partial charge in [0.25, 0.3) is 0 Å². The number of carbonyl (C=O) groups is 1. The van der Waals surface area contributed by atoms with E-state index in [0.717, 1.165) is 11.5 Å². The van der Waals surface area contributed by atoms with Crippen LogP contribution in [0, 0.1) is 5.41 Å². The van der Waals surface area contributed by atoms with Crippen LogP contribution in [0.1, 0.15) is 20.8 Å². The zero-order valence-electron chi connectivity index (χ0n) is 9.49. The third-order valence-electron chi connectivity index (χ3n) is 1.73. The molecule has 1 atom stereocenters. The molecule has 1 unspecified atom stereocenters. The fourth-order valence-corrected chi connectivity index (χ4v) is 3.12. The van der Waals surface area contributed by atoms with Crippen LogP contribution in [0.25, 0.3) is 0 Å². The van der Waals surface area contributed by atoms with Gasteiger partial charge in [-0.1, -0.05) is 42.4 Å². The number of rotatable bonds is 6. The normalized spacial score (nSPS) is 13.6. The molecule has 0 aliphatic carbocycles. The van der Waals surface area contributed by atoms with Gasteiger partial charge in [-0.25, -0.2) is 4.79 Å². The van der Waals surface area contributed by atoms with Crippen molar-refractivity contribution in [2.24, 2.45) is 16.9 Å². The van der Waals surface area contributed by atoms with Crippen molar-refractivity contribution < 1.29 is 9.53 Å². The minimum absolute atomic E-state index is 0.0920. The highest BCUT2D eigenvalue weighted by atomic mass is 33.1. The van der Waals surface area contributed by atoms with Gasteiger partial charge < -0.3 is 16.2 Å². The van der Waals surface area contributed by atoms with Gasteiger partial charge in [0, 0.05) is 18.1 Å². The maximum atomic E-state index is 10.7. The molecule has 0 aliphatic rings. The first-order valence-electron chi connectivity index (χ1n) is 4.78. The molecule has 0 heterocycles. The van der Waals surface area contributed by atoms with Crippen molar-refractivity contribution in [1.82, 2.24) is 0 Å². The Balaban J connectivity index is 3.97. The molecule has 0 saturated heterocycles. The van der Waals surface area contributed by atoms with Crippen molar-refractivity contribution in [3.8, 4) is 0 Å². The number of ether oxygens (including phenoxy) is 1. The van der Waals surface area contributed by atoms with Gasteiger partial charge in [0.2, 0.25) is 0 Å². The van der Waals surface area contributed by atoms with Crippen LogP contribution in [-0.4, -0.2) is 30.2 Å². The lowest BCUT2D eigenvalue weighted by atomic mass is 9.90. The van der Waals surface area contributed by atoms with E-state index in [-0.39, 0.29) is 11.5 Å². The molecule has 0 bridgehead atoms. The summed E-state index contributed by atoms with van der Waals surface area (Å²) in [5.41, 5.74) is 10.3. The van der Waals surface area contributed by atoms with Crippen molar-refractivity contribution >= 4 is 27.7 Å². The van der Waals surface area contributed by atoms with Crippen LogP contribution in [0.15, 0.2) is 0 Å². The van der Waals surface area contributed by atoms with Crippen LogP contribution < -0.4 is 11.5 Å². The third kappa shape index (κ3) is 7.81. The first-order valence-corrected chi connectivity index (χ1v) is 7.27. The Morgan fingerprint density at radius 3 is 2.40 bits per heavy atom. The van der Waals surface area contributed by atoms with Gasteiger partial charge in [-0.2, -0.15) is 0 Å². The van der Waals surface area contributed by atoms with Crippen molar-refractivity contribution in [3.63, 3.8) is 0 Å². The van der Waals surface area contributed by atoms with Gasteiger partial charge in [0.15, 0.2) is 0 Å². The number of carbonyl (C=O) groups excluding carboxylic acids is 1. The average Bonchev–Trinajstić information content (AvgIpc) is 2.08. The van der Waals surface area contributed by atoms with E-state index in [0.29, 0.717) is 6.54 Å². The van der Waals surface area contributed by atoms with E-state index in [4.69, 9.17) is 16.2 Å². The summed E-state index contributed by atoms with van der Waals surface area (Å²) in [7, 11) is 3.34. The Morgan fingerprint density at radius 1 is 1.40 bits per heavy atom. The highest BCUT2D eigenvalue weighted by Gasteiger charge is 2.27. The summed E-state index contributed by atoms with van der Waals surface area (Å²) in [6, 6.07) is 0. The Hall–Kier alpha value is -0.0700. The van der Waals surface area contributed by atoms with Crippen LogP contribution in [0.4, 0.5) is 4.79 Å². The molecule has 0 spiro atoms. The summed E-state index contributed by atoms with van der Waals surface area (Å²) in [6.07, 6.45) is -0.871. The zero-order chi connectivity index (χ0) is 11.9. The maximum absolute atomic E-state index is 10.7. The van der Waals surface area contributed by atoms with Crippen LogP contribution in [0.2, 0.25) is 0 Å². The van der Waals surface area contributed by atoms with E-state index >= 15 is 0 Å². The number of hydrogen-bond acceptors (Lipinski definition) is 5. The molecule has 0 saturated carbocycles. The predicted molar refractivity (Wildman–Crippen MR) is 67.9 cm³/mol. The Bertz CT molecular complexity index is 195. The highest BCUT2D eigenvalue weighted by Crippen LogP contribution is 2.30. The molecule has 0 aromatic heterocycles. The molecular weight excluding hydrogens is 232 g/mol. The lowest BCUT2D eigenvalue weighted by Crippen LogP contribution is -2.35. The standard InChI is InChI=1S/C9H20N2O2S2/c1-9(2,3)7(13-8(11)12)6-15-14-5-4-10/h7H,4-6,10H2,1-3H3,(H2,11,12). The van der Waals surface area contributed by atoms with Crippen molar-refractivity contribution in [2.45, 2.75) is 26.9 Å². The second-order valence-corrected chi connectivity index (χ2v) is 6.81. The van der Waals surface area contributed by atoms with Gasteiger partial charge in [0.05, 0.1) is 0 Å². The number of primary amides is 1. The molecule has 0 aliphatic heterocycles. The van der Waals surface area contributed by atoms with E-state index in [9.17, 15) is 4.79 Å². The number of hydrogen-bond donors (Lipinski definition) is 2. The van der Waals surface area contributed by atoms with Gasteiger partial charge >= 0.3 is 6.09 Å². The van der Waals surface area contributed by atoms with Gasteiger partial charge in [-0.15, -0.1) is 0 Å². The fraction of sp³-hybridized carbons (Fsp3) is 0.889. The molecule has 0 radical (unpaired) electrons. The zero-order valence-corrected chi connectivity index (χ0v) is 11.1. The third-order valence-corrected chi connectivity index (χ3v) is 4.14. The first kappa shape index (κ1) is 14.9. The van der Waals surface area contributed by atoms with E-state index in [1.54, 1.807) is 21.6 Å². The highest BCUT2D eigenvalue weighted by molar-refractivity contribution is 8.76. The lowest BCUT2D eigenvalue weighted by molar-refractivity contribution is 0.0530. The molecule has 90 valence electrons. The van der Waals surface area contributed by atoms with Crippen molar-refractivity contribution in [1.29, 1.82) is 0 Å². The fourth-order valence-electron chi connectivity index (χ4n) is 0.818. The monoisotopic (exact) mass is 252 g/mol. The van der Waals surface area contributed by atoms with Crippen molar-refractivity contribution in [3.05, 3.63) is 0 Å². The molecule has 15 heavy (non-hydrogen) atoms. The number of nitrogens with two attached hydrogens (primary N) is 2. The minimum Gasteiger partial charge on any atom is -0.445 e. The first-order chi connectivity index (χ1) is 6.88. The lowest BCUT2D eigenvalue weighted by Gasteiger charge is -2.29. The second-order valence-electron chi connectivity index (χ2n) is 4.19. The maximum Gasteiger partial charge on any atom is 0.404 e. The van der Waals surface area contributed by atoms with Crippen LogP contribution >= 0.6 is 21.6 Å². The minimum atomic E-state index is -0.709. The molecule has 4 nitrogen and oxygen atoms in total. The Labute approximate surface area is 99.3 Å².